The van der Waals surface area contributed by atoms with Gasteiger partial charge >= 0.3 is 0 Å². The Morgan fingerprint density at radius 3 is 2.39 bits per heavy atom. The molecule has 1 aromatic heterocycles. The molecule has 0 aliphatic rings. The van der Waals surface area contributed by atoms with Crippen LogP contribution in [0.3, 0.4) is 0 Å². The molecule has 18 heavy (non-hydrogen) atoms. The zero-order valence-electron chi connectivity index (χ0n) is 9.54. The predicted molar refractivity (Wildman–Crippen MR) is 65.0 cm³/mol. The summed E-state index contributed by atoms with van der Waals surface area (Å²) in [6, 6.07) is 6.44. The van der Waals surface area contributed by atoms with Crippen LogP contribution in [0.1, 0.15) is 16.1 Å². The molecule has 0 unspecified atom stereocenters. The van der Waals surface area contributed by atoms with Crippen LogP contribution in [0.2, 0.25) is 0 Å². The quantitative estimate of drug-likeness (QED) is 0.828. The third kappa shape index (κ3) is 2.80. The molecule has 0 atom stereocenters. The Bertz CT molecular complexity index is 537. The number of nitrogens with zero attached hydrogens (tertiary/aromatic N) is 2. The summed E-state index contributed by atoms with van der Waals surface area (Å²) in [5.74, 6) is 0.433. The third-order valence-corrected chi connectivity index (χ3v) is 2.25. The molecule has 1 amide bonds. The Kier molecular flexibility index (Phi) is 3.49. The average molecular weight is 244 g/mol. The van der Waals surface area contributed by atoms with Crippen molar-refractivity contribution < 1.29 is 9.53 Å². The zero-order valence-corrected chi connectivity index (χ0v) is 9.54. The number of benzene rings is 1. The van der Waals surface area contributed by atoms with Gasteiger partial charge in [0.2, 0.25) is 11.8 Å². The van der Waals surface area contributed by atoms with Gasteiger partial charge in [-0.15, -0.1) is 0 Å². The summed E-state index contributed by atoms with van der Waals surface area (Å²) in [7, 11) is 0. The van der Waals surface area contributed by atoms with Crippen LogP contribution in [0.5, 0.6) is 11.6 Å². The Hall–Kier alpha value is -2.47. The summed E-state index contributed by atoms with van der Waals surface area (Å²) in [4.78, 5) is 19.0. The van der Waals surface area contributed by atoms with Crippen LogP contribution in [-0.2, 0) is 6.54 Å². The van der Waals surface area contributed by atoms with Crippen molar-refractivity contribution in [1.82, 2.24) is 9.97 Å². The smallest absolute Gasteiger partial charge is 0.248 e. The molecule has 0 spiro atoms. The van der Waals surface area contributed by atoms with E-state index in [4.69, 9.17) is 16.2 Å². The molecule has 0 saturated heterocycles. The molecular formula is C12H12N4O2. The first-order valence-electron chi connectivity index (χ1n) is 5.28. The van der Waals surface area contributed by atoms with Gasteiger partial charge in [0, 0.05) is 12.1 Å². The SMILES string of the molecule is NCc1cnc(Oc2ccc(C(N)=O)cc2)cn1. The number of nitrogens with two attached hydrogens (primary N) is 2. The van der Waals surface area contributed by atoms with Crippen LogP contribution >= 0.6 is 0 Å². The Balaban J connectivity index is 2.10. The molecule has 0 aliphatic heterocycles. The van der Waals surface area contributed by atoms with Gasteiger partial charge in [-0.05, 0) is 24.3 Å². The minimum Gasteiger partial charge on any atom is -0.438 e. The molecule has 0 aliphatic carbocycles. The van der Waals surface area contributed by atoms with Crippen molar-refractivity contribution in [2.24, 2.45) is 11.5 Å². The van der Waals surface area contributed by atoms with E-state index in [0.717, 1.165) is 0 Å². The fourth-order valence-electron chi connectivity index (χ4n) is 1.31. The number of carbonyl (C=O) groups excluding carboxylic acids is 1. The zero-order chi connectivity index (χ0) is 13.0. The lowest BCUT2D eigenvalue weighted by Crippen LogP contribution is -2.10. The van der Waals surface area contributed by atoms with Crippen LogP contribution in [0.4, 0.5) is 0 Å². The Labute approximate surface area is 104 Å². The van der Waals surface area contributed by atoms with E-state index in [0.29, 0.717) is 29.4 Å². The molecule has 2 aromatic rings. The van der Waals surface area contributed by atoms with Crippen LogP contribution in [0, 0.1) is 0 Å². The van der Waals surface area contributed by atoms with Crippen molar-refractivity contribution in [3.63, 3.8) is 0 Å². The molecule has 0 saturated carbocycles. The van der Waals surface area contributed by atoms with E-state index in [1.807, 2.05) is 0 Å². The highest BCUT2D eigenvalue weighted by atomic mass is 16.5. The van der Waals surface area contributed by atoms with Crippen molar-refractivity contribution in [3.8, 4) is 11.6 Å². The number of ether oxygens (including phenoxy) is 1. The molecule has 0 radical (unpaired) electrons. The number of rotatable bonds is 4. The maximum atomic E-state index is 10.9. The van der Waals surface area contributed by atoms with Crippen LogP contribution in [0.25, 0.3) is 0 Å². The lowest BCUT2D eigenvalue weighted by Gasteiger charge is -2.05. The fraction of sp³-hybridized carbons (Fsp3) is 0.0833. The molecule has 6 heteroatoms. The van der Waals surface area contributed by atoms with Gasteiger partial charge in [-0.2, -0.15) is 0 Å². The molecule has 2 rings (SSSR count). The fourth-order valence-corrected chi connectivity index (χ4v) is 1.31. The van der Waals surface area contributed by atoms with Gasteiger partial charge in [0.25, 0.3) is 0 Å². The van der Waals surface area contributed by atoms with Gasteiger partial charge in [0.1, 0.15) is 5.75 Å². The second-order valence-corrected chi connectivity index (χ2v) is 3.54. The van der Waals surface area contributed by atoms with Gasteiger partial charge in [0.05, 0.1) is 18.1 Å². The predicted octanol–water partition coefficient (Wildman–Crippen LogP) is 0.826. The second kappa shape index (κ2) is 5.24. The van der Waals surface area contributed by atoms with Crippen LogP contribution < -0.4 is 16.2 Å². The first-order valence-corrected chi connectivity index (χ1v) is 5.28. The molecule has 6 nitrogen and oxygen atoms in total. The van der Waals surface area contributed by atoms with Gasteiger partial charge < -0.3 is 16.2 Å². The van der Waals surface area contributed by atoms with Crippen molar-refractivity contribution in [1.29, 1.82) is 0 Å². The Morgan fingerprint density at radius 1 is 1.17 bits per heavy atom. The monoisotopic (exact) mass is 244 g/mol. The van der Waals surface area contributed by atoms with E-state index in [2.05, 4.69) is 9.97 Å². The van der Waals surface area contributed by atoms with E-state index in [1.54, 1.807) is 30.5 Å². The van der Waals surface area contributed by atoms with Crippen molar-refractivity contribution in [2.75, 3.05) is 0 Å². The average Bonchev–Trinajstić information content (AvgIpc) is 2.40. The minimum atomic E-state index is -0.478. The van der Waals surface area contributed by atoms with Crippen molar-refractivity contribution in [2.45, 2.75) is 6.54 Å². The van der Waals surface area contributed by atoms with Crippen LogP contribution in [0.15, 0.2) is 36.7 Å². The normalized spacial score (nSPS) is 10.1. The van der Waals surface area contributed by atoms with Crippen LogP contribution in [-0.4, -0.2) is 15.9 Å². The van der Waals surface area contributed by atoms with Crippen molar-refractivity contribution >= 4 is 5.91 Å². The summed E-state index contributed by atoms with van der Waals surface area (Å²) in [5.41, 5.74) is 11.7. The highest BCUT2D eigenvalue weighted by molar-refractivity contribution is 5.92. The first kappa shape index (κ1) is 12.0. The number of hydrogen-bond acceptors (Lipinski definition) is 5. The molecular weight excluding hydrogens is 232 g/mol. The molecule has 1 aromatic carbocycles. The number of aromatic nitrogens is 2. The van der Waals surface area contributed by atoms with E-state index in [-0.39, 0.29) is 0 Å². The Morgan fingerprint density at radius 2 is 1.89 bits per heavy atom. The molecule has 92 valence electrons. The van der Waals surface area contributed by atoms with E-state index in [1.165, 1.54) is 6.20 Å². The molecule has 1 heterocycles. The summed E-state index contributed by atoms with van der Waals surface area (Å²) < 4.78 is 5.45. The molecule has 0 bridgehead atoms. The summed E-state index contributed by atoms with van der Waals surface area (Å²) in [6.07, 6.45) is 3.04. The summed E-state index contributed by atoms with van der Waals surface area (Å²) in [6.45, 7) is 0.334. The first-order chi connectivity index (χ1) is 8.69. The highest BCUT2D eigenvalue weighted by Crippen LogP contribution is 2.18. The summed E-state index contributed by atoms with van der Waals surface area (Å²) >= 11 is 0. The number of hydrogen-bond donors (Lipinski definition) is 2. The summed E-state index contributed by atoms with van der Waals surface area (Å²) in [5, 5.41) is 0. The van der Waals surface area contributed by atoms with E-state index in [9.17, 15) is 4.79 Å². The highest BCUT2D eigenvalue weighted by Gasteiger charge is 2.02. The molecule has 4 N–H and O–H groups in total. The van der Waals surface area contributed by atoms with Gasteiger partial charge in [-0.1, -0.05) is 0 Å². The number of carbonyl (C=O) groups is 1. The van der Waals surface area contributed by atoms with E-state index < -0.39 is 5.91 Å². The lowest BCUT2D eigenvalue weighted by molar-refractivity contribution is 0.100. The van der Waals surface area contributed by atoms with E-state index >= 15 is 0 Å². The largest absolute Gasteiger partial charge is 0.438 e. The van der Waals surface area contributed by atoms with Gasteiger partial charge in [0.15, 0.2) is 0 Å². The molecule has 0 fully saturated rings. The van der Waals surface area contributed by atoms with Crippen molar-refractivity contribution in [3.05, 3.63) is 47.9 Å². The van der Waals surface area contributed by atoms with Gasteiger partial charge in [-0.25, -0.2) is 4.98 Å². The number of amides is 1. The minimum absolute atomic E-state index is 0.334. The third-order valence-electron chi connectivity index (χ3n) is 2.25. The van der Waals surface area contributed by atoms with Gasteiger partial charge in [-0.3, -0.25) is 9.78 Å². The second-order valence-electron chi connectivity index (χ2n) is 3.54. The maximum absolute atomic E-state index is 10.9. The number of primary amides is 1. The lowest BCUT2D eigenvalue weighted by atomic mass is 10.2. The topological polar surface area (TPSA) is 104 Å². The maximum Gasteiger partial charge on any atom is 0.248 e. The standard InChI is InChI=1S/C12H12N4O2/c13-5-9-6-16-11(7-15-9)18-10-3-1-8(2-4-10)12(14)17/h1-4,6-7H,5,13H2,(H2,14,17).